The number of hydrogen-bond donors (Lipinski definition) is 1. The molecule has 0 saturated carbocycles. The van der Waals surface area contributed by atoms with Crippen molar-refractivity contribution >= 4 is 23.4 Å². The molecule has 0 amide bonds. The van der Waals surface area contributed by atoms with Gasteiger partial charge in [0.2, 0.25) is 0 Å². The Morgan fingerprint density at radius 3 is 2.74 bits per heavy atom. The molecule has 1 N–H and O–H groups in total. The fourth-order valence-electron chi connectivity index (χ4n) is 2.30. The van der Waals surface area contributed by atoms with Crippen molar-refractivity contribution in [2.24, 2.45) is 0 Å². The molecule has 0 aliphatic carbocycles. The molecule has 6 heteroatoms. The maximum atomic E-state index is 5.42. The quantitative estimate of drug-likeness (QED) is 0.746. The van der Waals surface area contributed by atoms with E-state index in [9.17, 15) is 0 Å². The van der Waals surface area contributed by atoms with Gasteiger partial charge in [-0.3, -0.25) is 9.55 Å². The first-order chi connectivity index (χ1) is 9.20. The molecule has 0 atom stereocenters. The van der Waals surface area contributed by atoms with E-state index in [4.69, 9.17) is 12.2 Å². The fraction of sp³-hybridized carbons (Fsp3) is 0.308. The number of fused-ring (bicyclic) bond motifs is 1. The van der Waals surface area contributed by atoms with Crippen molar-refractivity contribution in [1.29, 1.82) is 0 Å². The molecule has 0 aliphatic heterocycles. The normalized spacial score (nSPS) is 11.3. The third kappa shape index (κ3) is 1.98. The van der Waals surface area contributed by atoms with E-state index in [0.29, 0.717) is 0 Å². The highest BCUT2D eigenvalue weighted by molar-refractivity contribution is 7.71. The molecule has 0 spiro atoms. The first kappa shape index (κ1) is 12.1. The van der Waals surface area contributed by atoms with Gasteiger partial charge in [-0.25, -0.2) is 4.68 Å². The number of aromatic amines is 1. The SMILES string of the molecule is CCn1nc(C)c2[nH]c(=S)n(Cc3ccncc3)c21. The Balaban J connectivity index is 2.17. The number of nitrogens with one attached hydrogen (secondary N) is 1. The lowest BCUT2D eigenvalue weighted by Crippen LogP contribution is -2.06. The smallest absolute Gasteiger partial charge is 0.179 e. The molecule has 0 bridgehead atoms. The lowest BCUT2D eigenvalue weighted by molar-refractivity contribution is 0.643. The maximum Gasteiger partial charge on any atom is 0.179 e. The van der Waals surface area contributed by atoms with Crippen LogP contribution in [0, 0.1) is 11.7 Å². The molecular weight excluding hydrogens is 258 g/mol. The van der Waals surface area contributed by atoms with Gasteiger partial charge in [-0.2, -0.15) is 5.10 Å². The maximum absolute atomic E-state index is 5.42. The lowest BCUT2D eigenvalue weighted by Gasteiger charge is -2.06. The lowest BCUT2D eigenvalue weighted by atomic mass is 10.3. The minimum Gasteiger partial charge on any atom is -0.328 e. The largest absolute Gasteiger partial charge is 0.328 e. The van der Waals surface area contributed by atoms with Gasteiger partial charge < -0.3 is 4.98 Å². The Kier molecular flexibility index (Phi) is 2.94. The summed E-state index contributed by atoms with van der Waals surface area (Å²) in [4.78, 5) is 7.29. The van der Waals surface area contributed by atoms with Crippen molar-refractivity contribution in [3.63, 3.8) is 0 Å². The first-order valence-electron chi connectivity index (χ1n) is 6.25. The second kappa shape index (κ2) is 4.62. The number of hydrogen-bond acceptors (Lipinski definition) is 3. The predicted octanol–water partition coefficient (Wildman–Crippen LogP) is 2.67. The van der Waals surface area contributed by atoms with Gasteiger partial charge >= 0.3 is 0 Å². The van der Waals surface area contributed by atoms with Crippen LogP contribution in [0.2, 0.25) is 0 Å². The summed E-state index contributed by atoms with van der Waals surface area (Å²) >= 11 is 5.42. The van der Waals surface area contributed by atoms with E-state index in [1.165, 1.54) is 5.56 Å². The molecule has 3 aromatic rings. The van der Waals surface area contributed by atoms with E-state index in [-0.39, 0.29) is 0 Å². The molecule has 98 valence electrons. The summed E-state index contributed by atoms with van der Waals surface area (Å²) in [5, 5.41) is 4.52. The van der Waals surface area contributed by atoms with Gasteiger partial charge in [-0.1, -0.05) is 0 Å². The number of aromatic nitrogens is 5. The number of nitrogens with zero attached hydrogens (tertiary/aromatic N) is 4. The highest BCUT2D eigenvalue weighted by Gasteiger charge is 2.13. The minimum atomic E-state index is 0.729. The molecule has 5 nitrogen and oxygen atoms in total. The standard InChI is InChI=1S/C13H15N5S/c1-3-18-12-11(9(2)16-18)15-13(19)17(12)8-10-4-6-14-7-5-10/h4-7H,3,8H2,1-2H3,(H,15,19). The van der Waals surface area contributed by atoms with Crippen LogP contribution in [0.4, 0.5) is 0 Å². The molecule has 0 aromatic carbocycles. The van der Waals surface area contributed by atoms with Crippen LogP contribution in [0.3, 0.4) is 0 Å². The fourth-order valence-corrected chi connectivity index (χ4v) is 2.55. The summed E-state index contributed by atoms with van der Waals surface area (Å²) in [7, 11) is 0. The minimum absolute atomic E-state index is 0.729. The van der Waals surface area contributed by atoms with Gasteiger partial charge in [0.1, 0.15) is 5.52 Å². The van der Waals surface area contributed by atoms with Crippen molar-refractivity contribution in [2.45, 2.75) is 26.9 Å². The summed E-state index contributed by atoms with van der Waals surface area (Å²) in [6, 6.07) is 4.00. The van der Waals surface area contributed by atoms with Gasteiger partial charge in [0.05, 0.1) is 12.2 Å². The van der Waals surface area contributed by atoms with Crippen LogP contribution in [0.25, 0.3) is 11.2 Å². The molecular formula is C13H15N5S. The second-order valence-electron chi connectivity index (χ2n) is 4.47. The molecule has 0 fully saturated rings. The molecule has 0 radical (unpaired) electrons. The third-order valence-electron chi connectivity index (χ3n) is 3.22. The zero-order valence-corrected chi connectivity index (χ0v) is 11.7. The van der Waals surface area contributed by atoms with Gasteiger partial charge in [-0.15, -0.1) is 0 Å². The molecule has 0 aliphatic rings. The van der Waals surface area contributed by atoms with Gasteiger partial charge in [0.25, 0.3) is 0 Å². The second-order valence-corrected chi connectivity index (χ2v) is 4.86. The van der Waals surface area contributed by atoms with E-state index in [2.05, 4.69) is 26.6 Å². The molecule has 0 unspecified atom stereocenters. The zero-order chi connectivity index (χ0) is 13.4. The van der Waals surface area contributed by atoms with Crippen LogP contribution in [-0.2, 0) is 13.1 Å². The van der Waals surface area contributed by atoms with Crippen LogP contribution in [0.15, 0.2) is 24.5 Å². The highest BCUT2D eigenvalue weighted by Crippen LogP contribution is 2.19. The Morgan fingerprint density at radius 2 is 2.05 bits per heavy atom. The predicted molar refractivity (Wildman–Crippen MR) is 76.7 cm³/mol. The van der Waals surface area contributed by atoms with Gasteiger partial charge in [-0.05, 0) is 43.8 Å². The third-order valence-corrected chi connectivity index (χ3v) is 3.55. The molecule has 3 aromatic heterocycles. The van der Waals surface area contributed by atoms with E-state index in [1.54, 1.807) is 12.4 Å². The zero-order valence-electron chi connectivity index (χ0n) is 10.9. The monoisotopic (exact) mass is 273 g/mol. The summed E-state index contributed by atoms with van der Waals surface area (Å²) in [5.74, 6) is 0. The van der Waals surface area contributed by atoms with Crippen LogP contribution in [0.1, 0.15) is 18.2 Å². The summed E-state index contributed by atoms with van der Waals surface area (Å²) in [6.07, 6.45) is 3.59. The molecule has 19 heavy (non-hydrogen) atoms. The number of imidazole rings is 1. The van der Waals surface area contributed by atoms with Gasteiger partial charge in [0, 0.05) is 18.9 Å². The first-order valence-corrected chi connectivity index (χ1v) is 6.66. The van der Waals surface area contributed by atoms with Crippen LogP contribution in [0.5, 0.6) is 0 Å². The molecule has 3 rings (SSSR count). The average molecular weight is 273 g/mol. The van der Waals surface area contributed by atoms with Crippen LogP contribution >= 0.6 is 12.2 Å². The van der Waals surface area contributed by atoms with Crippen molar-refractivity contribution in [3.8, 4) is 0 Å². The topological polar surface area (TPSA) is 51.4 Å². The Hall–Kier alpha value is -1.95. The number of aryl methyl sites for hydroxylation is 2. The number of rotatable bonds is 3. The van der Waals surface area contributed by atoms with E-state index in [1.807, 2.05) is 23.7 Å². The highest BCUT2D eigenvalue weighted by atomic mass is 32.1. The number of H-pyrrole nitrogens is 1. The summed E-state index contributed by atoms with van der Waals surface area (Å²) < 4.78 is 4.80. The molecule has 3 heterocycles. The Bertz CT molecular complexity index is 766. The average Bonchev–Trinajstić information content (AvgIpc) is 2.90. The van der Waals surface area contributed by atoms with Crippen molar-refractivity contribution in [1.82, 2.24) is 24.3 Å². The van der Waals surface area contributed by atoms with E-state index < -0.39 is 0 Å². The summed E-state index contributed by atoms with van der Waals surface area (Å²) in [5.41, 5.74) is 4.24. The van der Waals surface area contributed by atoms with Gasteiger partial charge in [0.15, 0.2) is 10.4 Å². The van der Waals surface area contributed by atoms with E-state index >= 15 is 0 Å². The Labute approximate surface area is 115 Å². The molecule has 0 saturated heterocycles. The van der Waals surface area contributed by atoms with Crippen molar-refractivity contribution in [2.75, 3.05) is 0 Å². The van der Waals surface area contributed by atoms with E-state index in [0.717, 1.165) is 34.7 Å². The van der Waals surface area contributed by atoms with Crippen LogP contribution in [-0.4, -0.2) is 24.3 Å². The van der Waals surface area contributed by atoms with Crippen LogP contribution < -0.4 is 0 Å². The number of pyridine rings is 1. The van der Waals surface area contributed by atoms with Crippen molar-refractivity contribution < 1.29 is 0 Å². The summed E-state index contributed by atoms with van der Waals surface area (Å²) in [6.45, 7) is 5.63. The van der Waals surface area contributed by atoms with Crippen molar-refractivity contribution in [3.05, 3.63) is 40.6 Å². The Morgan fingerprint density at radius 1 is 1.32 bits per heavy atom.